The molecule has 2 N–H and O–H groups in total. The molecule has 4 rings (SSSR count). The van der Waals surface area contributed by atoms with Gasteiger partial charge in [0.1, 0.15) is 11.6 Å². The van der Waals surface area contributed by atoms with E-state index >= 15 is 0 Å². The van der Waals surface area contributed by atoms with E-state index in [9.17, 15) is 18.0 Å². The highest BCUT2D eigenvalue weighted by molar-refractivity contribution is 7.90. The number of anilines is 1. The fourth-order valence-corrected chi connectivity index (χ4v) is 5.45. The van der Waals surface area contributed by atoms with E-state index in [-0.39, 0.29) is 17.6 Å². The molecule has 1 aliphatic rings. The zero-order valence-electron chi connectivity index (χ0n) is 21.4. The summed E-state index contributed by atoms with van der Waals surface area (Å²) in [6.45, 7) is 8.90. The maximum atomic E-state index is 13.3. The molecule has 3 heterocycles. The first-order valence-corrected chi connectivity index (χ1v) is 13.8. The van der Waals surface area contributed by atoms with Gasteiger partial charge < -0.3 is 14.6 Å². The summed E-state index contributed by atoms with van der Waals surface area (Å²) < 4.78 is 33.4. The lowest BCUT2D eigenvalue weighted by atomic mass is 10.1. The number of benzene rings is 1. The second-order valence-electron chi connectivity index (χ2n) is 9.78. The Labute approximate surface area is 217 Å². The van der Waals surface area contributed by atoms with E-state index < -0.39 is 26.4 Å². The molecule has 2 atom stereocenters. The van der Waals surface area contributed by atoms with Crippen molar-refractivity contribution >= 4 is 21.7 Å². The number of carbonyl (C=O) groups excluding carboxylic acids is 1. The lowest BCUT2D eigenvalue weighted by Crippen LogP contribution is -2.38. The highest BCUT2D eigenvalue weighted by Gasteiger charge is 2.33. The van der Waals surface area contributed by atoms with Gasteiger partial charge in [-0.25, -0.2) is 18.1 Å². The smallest absolute Gasteiger partial charge is 0.269 e. The third-order valence-corrected chi connectivity index (χ3v) is 7.70. The molecule has 1 fully saturated rings. The van der Waals surface area contributed by atoms with Gasteiger partial charge in [-0.2, -0.15) is 0 Å². The number of nitrogens with zero attached hydrogens (tertiary/aromatic N) is 2. The van der Waals surface area contributed by atoms with Crippen LogP contribution in [0.3, 0.4) is 0 Å². The molecule has 2 aromatic heterocycles. The van der Waals surface area contributed by atoms with Crippen molar-refractivity contribution in [2.45, 2.75) is 57.5 Å². The molecule has 1 aliphatic heterocycles. The molecule has 0 radical (unpaired) electrons. The van der Waals surface area contributed by atoms with Crippen molar-refractivity contribution in [3.05, 3.63) is 70.6 Å². The second kappa shape index (κ2) is 10.8. The number of rotatable bonds is 8. The van der Waals surface area contributed by atoms with Crippen LogP contribution >= 0.6 is 0 Å². The molecule has 0 unspecified atom stereocenters. The van der Waals surface area contributed by atoms with Crippen molar-refractivity contribution in [2.75, 3.05) is 11.5 Å². The Morgan fingerprint density at radius 3 is 2.41 bits per heavy atom. The largest absolute Gasteiger partial charge is 0.493 e. The third kappa shape index (κ3) is 5.85. The monoisotopic (exact) mass is 524 g/mol. The van der Waals surface area contributed by atoms with Crippen molar-refractivity contribution in [1.29, 1.82) is 0 Å². The van der Waals surface area contributed by atoms with Gasteiger partial charge in [-0.05, 0) is 81.1 Å². The molecule has 37 heavy (non-hydrogen) atoms. The first-order chi connectivity index (χ1) is 17.6. The van der Waals surface area contributed by atoms with Crippen LogP contribution in [0.15, 0.2) is 64.4 Å². The molecule has 3 aromatic rings. The van der Waals surface area contributed by atoms with E-state index in [0.717, 1.165) is 30.2 Å². The number of aromatic amines is 1. The summed E-state index contributed by atoms with van der Waals surface area (Å²) in [4.78, 5) is 34.0. The van der Waals surface area contributed by atoms with Gasteiger partial charge in [0, 0.05) is 23.8 Å². The highest BCUT2D eigenvalue weighted by Crippen LogP contribution is 2.33. The number of aromatic nitrogens is 2. The zero-order valence-corrected chi connectivity index (χ0v) is 22.2. The van der Waals surface area contributed by atoms with E-state index in [0.29, 0.717) is 24.0 Å². The summed E-state index contributed by atoms with van der Waals surface area (Å²) in [6.07, 6.45) is 3.17. The average Bonchev–Trinajstić information content (AvgIpc) is 3.20. The van der Waals surface area contributed by atoms with Crippen molar-refractivity contribution in [3.63, 3.8) is 0 Å². The van der Waals surface area contributed by atoms with E-state index in [1.165, 1.54) is 12.3 Å². The molecule has 0 bridgehead atoms. The van der Waals surface area contributed by atoms with Crippen LogP contribution < -0.4 is 19.9 Å². The SMILES string of the molecule is CC(C)COc1ccc(-c2ccc(C(=O)NS(=O)(=O)c3ccc[nH]c3=O)c(N3[C@H](C)CC[C@@H]3C)n2)cc1. The van der Waals surface area contributed by atoms with Crippen LogP contribution in [0.4, 0.5) is 5.82 Å². The van der Waals surface area contributed by atoms with Gasteiger partial charge in [-0.1, -0.05) is 13.8 Å². The fraction of sp³-hybridized carbons (Fsp3) is 0.370. The van der Waals surface area contributed by atoms with Gasteiger partial charge in [0.05, 0.1) is 17.9 Å². The summed E-state index contributed by atoms with van der Waals surface area (Å²) in [5, 5.41) is 0. The van der Waals surface area contributed by atoms with E-state index in [1.807, 2.05) is 29.0 Å². The number of H-pyrrole nitrogens is 1. The molecule has 10 heteroatoms. The van der Waals surface area contributed by atoms with Crippen LogP contribution in [-0.2, 0) is 10.0 Å². The minimum absolute atomic E-state index is 0.115. The van der Waals surface area contributed by atoms with Crippen molar-refractivity contribution in [3.8, 4) is 17.0 Å². The number of hydrogen-bond acceptors (Lipinski definition) is 7. The number of carbonyl (C=O) groups is 1. The number of hydrogen-bond donors (Lipinski definition) is 2. The maximum Gasteiger partial charge on any atom is 0.269 e. The van der Waals surface area contributed by atoms with Gasteiger partial charge in [-0.3, -0.25) is 9.59 Å². The predicted octanol–water partition coefficient (Wildman–Crippen LogP) is 3.97. The molecular weight excluding hydrogens is 492 g/mol. The molecule has 0 aliphatic carbocycles. The number of nitrogens with one attached hydrogen (secondary N) is 2. The number of pyridine rings is 2. The van der Waals surface area contributed by atoms with Crippen LogP contribution in [0.1, 0.15) is 50.9 Å². The Kier molecular flexibility index (Phi) is 7.68. The minimum atomic E-state index is -4.39. The Balaban J connectivity index is 1.69. The highest BCUT2D eigenvalue weighted by atomic mass is 32.2. The van der Waals surface area contributed by atoms with Gasteiger partial charge in [0.25, 0.3) is 21.5 Å². The number of ether oxygens (including phenoxy) is 1. The van der Waals surface area contributed by atoms with Crippen LogP contribution in [0, 0.1) is 5.92 Å². The van der Waals surface area contributed by atoms with E-state index in [2.05, 4.69) is 37.6 Å². The molecular formula is C27H32N4O5S. The summed E-state index contributed by atoms with van der Waals surface area (Å²) in [5.74, 6) is 0.735. The maximum absolute atomic E-state index is 13.3. The van der Waals surface area contributed by atoms with Gasteiger partial charge in [-0.15, -0.1) is 0 Å². The lowest BCUT2D eigenvalue weighted by molar-refractivity contribution is 0.0981. The van der Waals surface area contributed by atoms with Crippen LogP contribution in [0.25, 0.3) is 11.3 Å². The van der Waals surface area contributed by atoms with Gasteiger partial charge >= 0.3 is 0 Å². The van der Waals surface area contributed by atoms with Crippen LogP contribution in [0.5, 0.6) is 5.75 Å². The first-order valence-electron chi connectivity index (χ1n) is 12.3. The van der Waals surface area contributed by atoms with Crippen molar-refractivity contribution in [2.24, 2.45) is 5.92 Å². The molecule has 196 valence electrons. The topological polar surface area (TPSA) is 121 Å². The fourth-order valence-electron chi connectivity index (χ4n) is 4.43. The summed E-state index contributed by atoms with van der Waals surface area (Å²) in [7, 11) is -4.39. The number of amides is 1. The molecule has 0 saturated carbocycles. The lowest BCUT2D eigenvalue weighted by Gasteiger charge is -2.29. The number of sulfonamides is 1. The first kappa shape index (κ1) is 26.4. The minimum Gasteiger partial charge on any atom is -0.493 e. The van der Waals surface area contributed by atoms with E-state index in [4.69, 9.17) is 9.72 Å². The second-order valence-corrected chi connectivity index (χ2v) is 11.4. The molecule has 1 saturated heterocycles. The molecule has 0 spiro atoms. The molecule has 1 aromatic carbocycles. The quantitative estimate of drug-likeness (QED) is 0.457. The van der Waals surface area contributed by atoms with Crippen LogP contribution in [-0.4, -0.2) is 43.0 Å². The van der Waals surface area contributed by atoms with Crippen molar-refractivity contribution in [1.82, 2.24) is 14.7 Å². The third-order valence-electron chi connectivity index (χ3n) is 6.35. The normalized spacial score (nSPS) is 17.7. The van der Waals surface area contributed by atoms with Crippen molar-refractivity contribution < 1.29 is 17.9 Å². The Hall–Kier alpha value is -3.66. The Bertz CT molecular complexity index is 1420. The summed E-state index contributed by atoms with van der Waals surface area (Å²) >= 11 is 0. The molecule has 1 amide bonds. The summed E-state index contributed by atoms with van der Waals surface area (Å²) in [5.41, 5.74) is 0.806. The van der Waals surface area contributed by atoms with Crippen LogP contribution in [0.2, 0.25) is 0 Å². The zero-order chi connectivity index (χ0) is 26.7. The standard InChI is InChI=1S/C27H32N4O5S/c1-17(2)16-36-21-11-9-20(10-12-21)23-14-13-22(25(29-23)31-18(3)7-8-19(31)4)26(32)30-37(34,35)24-6-5-15-28-27(24)33/h5-6,9-15,17-19H,7-8,16H2,1-4H3,(H,28,33)(H,30,32)/t18-,19+. The summed E-state index contributed by atoms with van der Waals surface area (Å²) in [6, 6.07) is 13.6. The van der Waals surface area contributed by atoms with Gasteiger partial charge in [0.2, 0.25) is 0 Å². The molecule has 9 nitrogen and oxygen atoms in total. The Morgan fingerprint density at radius 1 is 1.11 bits per heavy atom. The average molecular weight is 525 g/mol. The van der Waals surface area contributed by atoms with Gasteiger partial charge in [0.15, 0.2) is 4.90 Å². The van der Waals surface area contributed by atoms with E-state index in [1.54, 1.807) is 12.1 Å². The predicted molar refractivity (Wildman–Crippen MR) is 142 cm³/mol. The Morgan fingerprint density at radius 2 is 1.78 bits per heavy atom.